The maximum atomic E-state index is 10.8. The van der Waals surface area contributed by atoms with Gasteiger partial charge in [0, 0.05) is 29.5 Å². The lowest BCUT2D eigenvalue weighted by Crippen LogP contribution is -2.25. The summed E-state index contributed by atoms with van der Waals surface area (Å²) in [6.45, 7) is 1.82. The molecule has 0 saturated carbocycles. The Morgan fingerprint density at radius 2 is 2.17 bits per heavy atom. The number of carboxylic acids is 1. The molecule has 0 spiro atoms. The molecular formula is C13H15N3O2. The van der Waals surface area contributed by atoms with Crippen molar-refractivity contribution in [3.8, 4) is 0 Å². The Kier molecular flexibility index (Phi) is 3.06. The van der Waals surface area contributed by atoms with Gasteiger partial charge in [-0.3, -0.25) is 9.78 Å². The van der Waals surface area contributed by atoms with Crippen LogP contribution in [0.1, 0.15) is 5.69 Å². The highest BCUT2D eigenvalue weighted by Gasteiger charge is 2.11. The van der Waals surface area contributed by atoms with Gasteiger partial charge in [-0.15, -0.1) is 0 Å². The highest BCUT2D eigenvalue weighted by Crippen LogP contribution is 2.27. The second-order valence-electron chi connectivity index (χ2n) is 4.31. The quantitative estimate of drug-likeness (QED) is 0.804. The van der Waals surface area contributed by atoms with E-state index in [1.54, 1.807) is 18.0 Å². The summed E-state index contributed by atoms with van der Waals surface area (Å²) in [6.07, 6.45) is 0. The van der Waals surface area contributed by atoms with Crippen LogP contribution >= 0.6 is 0 Å². The highest BCUT2D eigenvalue weighted by atomic mass is 16.4. The topological polar surface area (TPSA) is 79.5 Å². The van der Waals surface area contributed by atoms with Crippen LogP contribution in [0.2, 0.25) is 0 Å². The van der Waals surface area contributed by atoms with Gasteiger partial charge in [-0.25, -0.2) is 0 Å². The predicted octanol–water partition coefficient (Wildman–Crippen LogP) is 1.65. The second kappa shape index (κ2) is 4.52. The fraction of sp³-hybridized carbons (Fsp3) is 0.231. The number of rotatable bonds is 3. The van der Waals surface area contributed by atoms with E-state index in [0.29, 0.717) is 5.69 Å². The predicted molar refractivity (Wildman–Crippen MR) is 71.8 cm³/mol. The fourth-order valence-corrected chi connectivity index (χ4v) is 1.96. The van der Waals surface area contributed by atoms with Crippen molar-refractivity contribution in [3.05, 3.63) is 30.0 Å². The van der Waals surface area contributed by atoms with E-state index in [0.717, 1.165) is 22.3 Å². The van der Waals surface area contributed by atoms with Crippen molar-refractivity contribution in [2.45, 2.75) is 6.92 Å². The molecule has 3 N–H and O–H groups in total. The van der Waals surface area contributed by atoms with Crippen LogP contribution in [0.5, 0.6) is 0 Å². The molecule has 2 aromatic rings. The molecule has 0 bridgehead atoms. The first-order chi connectivity index (χ1) is 8.47. The van der Waals surface area contributed by atoms with E-state index in [2.05, 4.69) is 4.98 Å². The Morgan fingerprint density at radius 1 is 1.44 bits per heavy atom. The van der Waals surface area contributed by atoms with Crippen LogP contribution in [0.3, 0.4) is 0 Å². The van der Waals surface area contributed by atoms with Crippen molar-refractivity contribution in [1.82, 2.24) is 4.98 Å². The number of anilines is 2. The summed E-state index contributed by atoms with van der Waals surface area (Å²) in [7, 11) is 1.74. The van der Waals surface area contributed by atoms with Gasteiger partial charge in [-0.1, -0.05) is 0 Å². The maximum absolute atomic E-state index is 10.8. The molecule has 2 rings (SSSR count). The van der Waals surface area contributed by atoms with Gasteiger partial charge < -0.3 is 15.7 Å². The van der Waals surface area contributed by atoms with E-state index in [4.69, 9.17) is 10.8 Å². The average molecular weight is 245 g/mol. The number of nitrogens with two attached hydrogens (primary N) is 1. The normalized spacial score (nSPS) is 10.6. The summed E-state index contributed by atoms with van der Waals surface area (Å²) in [6, 6.07) is 7.31. The number of aryl methyl sites for hydroxylation is 1. The number of pyridine rings is 1. The number of benzene rings is 1. The number of carbonyl (C=O) groups is 1. The van der Waals surface area contributed by atoms with Gasteiger partial charge >= 0.3 is 5.97 Å². The maximum Gasteiger partial charge on any atom is 0.323 e. The average Bonchev–Trinajstić information content (AvgIpc) is 2.27. The molecule has 18 heavy (non-hydrogen) atoms. The van der Waals surface area contributed by atoms with Crippen molar-refractivity contribution in [3.63, 3.8) is 0 Å². The summed E-state index contributed by atoms with van der Waals surface area (Å²) < 4.78 is 0. The SMILES string of the molecule is Cc1cc(N(C)CC(=O)O)c2cc(N)ccc2n1. The van der Waals surface area contributed by atoms with Crippen LogP contribution < -0.4 is 10.6 Å². The molecule has 0 amide bonds. The van der Waals surface area contributed by atoms with E-state index in [1.165, 1.54) is 0 Å². The van der Waals surface area contributed by atoms with E-state index in [1.807, 2.05) is 25.1 Å². The first-order valence-corrected chi connectivity index (χ1v) is 5.57. The zero-order chi connectivity index (χ0) is 13.3. The molecule has 0 fully saturated rings. The minimum absolute atomic E-state index is 0.0622. The van der Waals surface area contributed by atoms with Crippen molar-refractivity contribution < 1.29 is 9.90 Å². The standard InChI is InChI=1S/C13H15N3O2/c1-8-5-12(16(2)7-13(17)18)10-6-9(14)3-4-11(10)15-8/h3-6H,7,14H2,1-2H3,(H,17,18). The van der Waals surface area contributed by atoms with Gasteiger partial charge in [0.1, 0.15) is 6.54 Å². The number of fused-ring (bicyclic) bond motifs is 1. The van der Waals surface area contributed by atoms with E-state index < -0.39 is 5.97 Å². The lowest BCUT2D eigenvalue weighted by atomic mass is 10.1. The van der Waals surface area contributed by atoms with Gasteiger partial charge in [-0.2, -0.15) is 0 Å². The molecule has 0 aliphatic rings. The summed E-state index contributed by atoms with van der Waals surface area (Å²) >= 11 is 0. The zero-order valence-corrected chi connectivity index (χ0v) is 10.3. The molecule has 0 aliphatic heterocycles. The van der Waals surface area contributed by atoms with Gasteiger partial charge in [0.25, 0.3) is 0 Å². The third-order valence-corrected chi connectivity index (χ3v) is 2.72. The summed E-state index contributed by atoms with van der Waals surface area (Å²) in [5.74, 6) is -0.871. The lowest BCUT2D eigenvalue weighted by Gasteiger charge is -2.19. The molecule has 0 aliphatic carbocycles. The number of carboxylic acid groups (broad SMARTS) is 1. The number of nitrogens with zero attached hydrogens (tertiary/aromatic N) is 2. The molecule has 1 aromatic carbocycles. The van der Waals surface area contributed by atoms with Crippen LogP contribution in [-0.2, 0) is 4.79 Å². The van der Waals surface area contributed by atoms with Gasteiger partial charge in [0.15, 0.2) is 0 Å². The monoisotopic (exact) mass is 245 g/mol. The van der Waals surface area contributed by atoms with Crippen molar-refractivity contribution in [1.29, 1.82) is 0 Å². The number of nitrogen functional groups attached to an aromatic ring is 1. The van der Waals surface area contributed by atoms with Crippen molar-refractivity contribution in [2.75, 3.05) is 24.2 Å². The Morgan fingerprint density at radius 3 is 2.83 bits per heavy atom. The van der Waals surface area contributed by atoms with Crippen LogP contribution in [0, 0.1) is 6.92 Å². The van der Waals surface area contributed by atoms with E-state index >= 15 is 0 Å². The zero-order valence-electron chi connectivity index (χ0n) is 10.3. The molecule has 1 aromatic heterocycles. The molecule has 5 nitrogen and oxygen atoms in total. The smallest absolute Gasteiger partial charge is 0.323 e. The Balaban J connectivity index is 2.60. The van der Waals surface area contributed by atoms with Crippen molar-refractivity contribution in [2.24, 2.45) is 0 Å². The third-order valence-electron chi connectivity index (χ3n) is 2.72. The molecule has 1 heterocycles. The molecule has 0 atom stereocenters. The largest absolute Gasteiger partial charge is 0.480 e. The molecule has 0 unspecified atom stereocenters. The molecule has 94 valence electrons. The van der Waals surface area contributed by atoms with Crippen LogP contribution in [0.25, 0.3) is 10.9 Å². The van der Waals surface area contributed by atoms with Gasteiger partial charge in [0.2, 0.25) is 0 Å². The Bertz CT molecular complexity index is 610. The van der Waals surface area contributed by atoms with Gasteiger partial charge in [-0.05, 0) is 31.2 Å². The molecule has 0 saturated heterocycles. The molecule has 0 radical (unpaired) electrons. The lowest BCUT2D eigenvalue weighted by molar-refractivity contribution is -0.135. The Hall–Kier alpha value is -2.30. The molecule has 5 heteroatoms. The fourth-order valence-electron chi connectivity index (χ4n) is 1.96. The van der Waals surface area contributed by atoms with E-state index in [-0.39, 0.29) is 6.54 Å². The number of hydrogen-bond acceptors (Lipinski definition) is 4. The first-order valence-electron chi connectivity index (χ1n) is 5.57. The first kappa shape index (κ1) is 12.2. The van der Waals surface area contributed by atoms with Crippen LogP contribution in [0.15, 0.2) is 24.3 Å². The van der Waals surface area contributed by atoms with E-state index in [9.17, 15) is 4.79 Å². The second-order valence-corrected chi connectivity index (χ2v) is 4.31. The number of likely N-dealkylation sites (N-methyl/N-ethyl adjacent to an activating group) is 1. The number of hydrogen-bond donors (Lipinski definition) is 2. The number of aromatic nitrogens is 1. The Labute approximate surface area is 105 Å². The highest BCUT2D eigenvalue weighted by molar-refractivity contribution is 5.94. The summed E-state index contributed by atoms with van der Waals surface area (Å²) in [4.78, 5) is 16.9. The number of aliphatic carboxylic acids is 1. The van der Waals surface area contributed by atoms with Crippen molar-refractivity contribution >= 4 is 28.2 Å². The summed E-state index contributed by atoms with van der Waals surface area (Å²) in [5.41, 5.74) is 8.90. The summed E-state index contributed by atoms with van der Waals surface area (Å²) in [5, 5.41) is 9.72. The molecular weight excluding hydrogens is 230 g/mol. The van der Waals surface area contributed by atoms with Crippen LogP contribution in [0.4, 0.5) is 11.4 Å². The third kappa shape index (κ3) is 2.34. The van der Waals surface area contributed by atoms with Gasteiger partial charge in [0.05, 0.1) is 5.52 Å². The minimum Gasteiger partial charge on any atom is -0.480 e. The minimum atomic E-state index is -0.871. The van der Waals surface area contributed by atoms with Crippen LogP contribution in [-0.4, -0.2) is 29.7 Å².